The first kappa shape index (κ1) is 21.0. The van der Waals surface area contributed by atoms with Gasteiger partial charge in [-0.05, 0) is 57.2 Å². The van der Waals surface area contributed by atoms with Gasteiger partial charge in [-0.1, -0.05) is 6.07 Å². The van der Waals surface area contributed by atoms with E-state index >= 15 is 0 Å². The summed E-state index contributed by atoms with van der Waals surface area (Å²) < 4.78 is 5.09. The van der Waals surface area contributed by atoms with Gasteiger partial charge in [0.2, 0.25) is 0 Å². The summed E-state index contributed by atoms with van der Waals surface area (Å²) in [4.78, 5) is 25.2. The third-order valence-corrected chi connectivity index (χ3v) is 4.88. The Balaban J connectivity index is 1.41. The number of aromatic nitrogens is 6. The topological polar surface area (TPSA) is 112 Å². The van der Waals surface area contributed by atoms with E-state index in [9.17, 15) is 9.59 Å². The van der Waals surface area contributed by atoms with E-state index in [4.69, 9.17) is 0 Å². The molecule has 10 nitrogen and oxygen atoms in total. The van der Waals surface area contributed by atoms with Crippen molar-refractivity contribution < 1.29 is 9.59 Å². The molecule has 3 aromatic heterocycles. The Hall–Kier alpha value is -4.21. The summed E-state index contributed by atoms with van der Waals surface area (Å²) in [6.45, 7) is 6.83. The fourth-order valence-electron chi connectivity index (χ4n) is 3.36. The predicted molar refractivity (Wildman–Crippen MR) is 120 cm³/mol. The lowest BCUT2D eigenvalue weighted by Gasteiger charge is -2.09. The standard InChI is InChI=1S/C22H24N8O2/c1-4-29-20(8-10-23-29)22(32)25-18-7-5-6-17(13-18)24-21(31)19-9-11-28(27-19)14-30-16(3)12-15(2)26-30/h5-13H,4,14H2,1-3H3,(H,24,31)(H,25,32). The fraction of sp³-hybridized carbons (Fsp3) is 0.227. The molecule has 2 N–H and O–H groups in total. The van der Waals surface area contributed by atoms with Crippen molar-refractivity contribution in [1.82, 2.24) is 29.3 Å². The molecule has 3 heterocycles. The number of hydrogen-bond acceptors (Lipinski definition) is 5. The second-order valence-corrected chi connectivity index (χ2v) is 7.33. The summed E-state index contributed by atoms with van der Waals surface area (Å²) in [5.74, 6) is -0.611. The Morgan fingerprint density at radius 2 is 1.69 bits per heavy atom. The molecule has 4 rings (SSSR count). The van der Waals surface area contributed by atoms with E-state index in [-0.39, 0.29) is 17.5 Å². The molecule has 0 bridgehead atoms. The lowest BCUT2D eigenvalue weighted by atomic mass is 10.2. The molecule has 0 saturated carbocycles. The molecule has 0 radical (unpaired) electrons. The van der Waals surface area contributed by atoms with Crippen molar-refractivity contribution in [1.29, 1.82) is 0 Å². The molecule has 0 spiro atoms. The number of amides is 2. The molecule has 0 aliphatic heterocycles. The maximum Gasteiger partial charge on any atom is 0.276 e. The SMILES string of the molecule is CCn1nccc1C(=O)Nc1cccc(NC(=O)c2ccn(Cn3nc(C)cc3C)n2)c1. The highest BCUT2D eigenvalue weighted by atomic mass is 16.2. The predicted octanol–water partition coefficient (Wildman–Crippen LogP) is 2.92. The number of benzene rings is 1. The van der Waals surface area contributed by atoms with Crippen LogP contribution in [0.5, 0.6) is 0 Å². The number of rotatable bonds is 7. The quantitative estimate of drug-likeness (QED) is 0.466. The van der Waals surface area contributed by atoms with Crippen molar-refractivity contribution in [3.05, 3.63) is 77.6 Å². The van der Waals surface area contributed by atoms with Crippen molar-refractivity contribution >= 4 is 23.2 Å². The van der Waals surface area contributed by atoms with Crippen molar-refractivity contribution in [3.8, 4) is 0 Å². The zero-order valence-electron chi connectivity index (χ0n) is 18.1. The van der Waals surface area contributed by atoms with E-state index < -0.39 is 0 Å². The Morgan fingerprint density at radius 1 is 0.938 bits per heavy atom. The van der Waals surface area contributed by atoms with Gasteiger partial charge in [-0.15, -0.1) is 0 Å². The van der Waals surface area contributed by atoms with Gasteiger partial charge >= 0.3 is 0 Å². The molecule has 0 fully saturated rings. The Kier molecular flexibility index (Phi) is 5.84. The molecule has 0 unspecified atom stereocenters. The minimum absolute atomic E-state index is 0.268. The summed E-state index contributed by atoms with van der Waals surface area (Å²) in [5.41, 5.74) is 3.81. The third-order valence-electron chi connectivity index (χ3n) is 4.88. The van der Waals surface area contributed by atoms with Crippen LogP contribution in [0.3, 0.4) is 0 Å². The molecule has 0 aliphatic rings. The fourth-order valence-corrected chi connectivity index (χ4v) is 3.36. The van der Waals surface area contributed by atoms with E-state index in [2.05, 4.69) is 25.9 Å². The molecule has 32 heavy (non-hydrogen) atoms. The van der Waals surface area contributed by atoms with Crippen LogP contribution in [0.25, 0.3) is 0 Å². The normalized spacial score (nSPS) is 10.8. The average Bonchev–Trinajstić information content (AvgIpc) is 3.49. The molecule has 2 amide bonds. The number of anilines is 2. The van der Waals surface area contributed by atoms with Gasteiger partial charge in [0.15, 0.2) is 5.69 Å². The van der Waals surface area contributed by atoms with Gasteiger partial charge in [0.1, 0.15) is 12.4 Å². The van der Waals surface area contributed by atoms with Gasteiger partial charge in [0.05, 0.1) is 5.69 Å². The van der Waals surface area contributed by atoms with Gasteiger partial charge in [-0.3, -0.25) is 19.0 Å². The van der Waals surface area contributed by atoms with E-state index in [1.54, 1.807) is 58.2 Å². The zero-order chi connectivity index (χ0) is 22.7. The monoisotopic (exact) mass is 432 g/mol. The van der Waals surface area contributed by atoms with Crippen molar-refractivity contribution in [3.63, 3.8) is 0 Å². The second kappa shape index (κ2) is 8.88. The van der Waals surface area contributed by atoms with E-state index in [0.29, 0.717) is 30.3 Å². The number of carbonyl (C=O) groups excluding carboxylic acids is 2. The van der Waals surface area contributed by atoms with Crippen molar-refractivity contribution in [2.75, 3.05) is 10.6 Å². The highest BCUT2D eigenvalue weighted by molar-refractivity contribution is 6.05. The van der Waals surface area contributed by atoms with Gasteiger partial charge < -0.3 is 10.6 Å². The van der Waals surface area contributed by atoms with Crippen LogP contribution in [0.1, 0.15) is 39.3 Å². The largest absolute Gasteiger partial charge is 0.321 e. The summed E-state index contributed by atoms with van der Waals surface area (Å²) in [6.07, 6.45) is 3.32. The zero-order valence-corrected chi connectivity index (χ0v) is 18.1. The maximum atomic E-state index is 12.6. The van der Waals surface area contributed by atoms with Crippen LogP contribution >= 0.6 is 0 Å². The van der Waals surface area contributed by atoms with E-state index in [0.717, 1.165) is 11.4 Å². The van der Waals surface area contributed by atoms with Gasteiger partial charge in [0.25, 0.3) is 11.8 Å². The van der Waals surface area contributed by atoms with Crippen LogP contribution in [-0.2, 0) is 13.2 Å². The summed E-state index contributed by atoms with van der Waals surface area (Å²) >= 11 is 0. The first-order chi connectivity index (χ1) is 15.4. The molecular weight excluding hydrogens is 408 g/mol. The average molecular weight is 432 g/mol. The Labute approximate surface area is 184 Å². The van der Waals surface area contributed by atoms with Crippen LogP contribution in [0.4, 0.5) is 11.4 Å². The van der Waals surface area contributed by atoms with Gasteiger partial charge in [-0.2, -0.15) is 15.3 Å². The van der Waals surface area contributed by atoms with Crippen LogP contribution in [0.2, 0.25) is 0 Å². The molecule has 4 aromatic rings. The number of carbonyl (C=O) groups is 2. The van der Waals surface area contributed by atoms with E-state index in [1.807, 2.05) is 31.5 Å². The van der Waals surface area contributed by atoms with Crippen molar-refractivity contribution in [2.45, 2.75) is 34.0 Å². The molecular formula is C22H24N8O2. The molecule has 0 aliphatic carbocycles. The summed E-state index contributed by atoms with van der Waals surface area (Å²) in [7, 11) is 0. The summed E-state index contributed by atoms with van der Waals surface area (Å²) in [5, 5.41) is 18.5. The van der Waals surface area contributed by atoms with Crippen LogP contribution < -0.4 is 10.6 Å². The first-order valence-electron chi connectivity index (χ1n) is 10.2. The minimum atomic E-state index is -0.343. The lowest BCUT2D eigenvalue weighted by Crippen LogP contribution is -2.18. The molecule has 0 atom stereocenters. The van der Waals surface area contributed by atoms with Crippen LogP contribution in [0, 0.1) is 13.8 Å². The van der Waals surface area contributed by atoms with Crippen molar-refractivity contribution in [2.24, 2.45) is 0 Å². The maximum absolute atomic E-state index is 12.6. The smallest absolute Gasteiger partial charge is 0.276 e. The van der Waals surface area contributed by atoms with Crippen LogP contribution in [0.15, 0.2) is 54.9 Å². The van der Waals surface area contributed by atoms with E-state index in [1.165, 1.54) is 0 Å². The molecule has 10 heteroatoms. The van der Waals surface area contributed by atoms with Gasteiger partial charge in [0, 0.05) is 36.0 Å². The third kappa shape index (κ3) is 4.59. The summed E-state index contributed by atoms with van der Waals surface area (Å²) in [6, 6.07) is 12.2. The Morgan fingerprint density at radius 3 is 2.38 bits per heavy atom. The number of aryl methyl sites for hydroxylation is 3. The molecule has 1 aromatic carbocycles. The van der Waals surface area contributed by atoms with Gasteiger partial charge in [-0.25, -0.2) is 4.68 Å². The lowest BCUT2D eigenvalue weighted by molar-refractivity contribution is 0.101. The highest BCUT2D eigenvalue weighted by Crippen LogP contribution is 2.17. The second-order valence-electron chi connectivity index (χ2n) is 7.33. The number of nitrogens with one attached hydrogen (secondary N) is 2. The highest BCUT2D eigenvalue weighted by Gasteiger charge is 2.13. The minimum Gasteiger partial charge on any atom is -0.321 e. The van der Waals surface area contributed by atoms with Crippen LogP contribution in [-0.4, -0.2) is 41.2 Å². The Bertz CT molecular complexity index is 1270. The molecule has 164 valence electrons. The first-order valence-corrected chi connectivity index (χ1v) is 10.2. The number of hydrogen-bond donors (Lipinski definition) is 2. The number of nitrogens with zero attached hydrogens (tertiary/aromatic N) is 6. The molecule has 0 saturated heterocycles.